The second kappa shape index (κ2) is 7.85. The molecule has 0 aliphatic carbocycles. The highest BCUT2D eigenvalue weighted by Crippen LogP contribution is 2.38. The highest BCUT2D eigenvalue weighted by molar-refractivity contribution is 6.30. The molecule has 32 heavy (non-hydrogen) atoms. The average Bonchev–Trinajstić information content (AvgIpc) is 3.13. The number of hydrogen-bond acceptors (Lipinski definition) is 3. The van der Waals surface area contributed by atoms with Crippen LogP contribution < -0.4 is 5.56 Å². The van der Waals surface area contributed by atoms with Crippen LogP contribution in [0.15, 0.2) is 54.2 Å². The first-order valence-electron chi connectivity index (χ1n) is 10.1. The van der Waals surface area contributed by atoms with Gasteiger partial charge in [0.05, 0.1) is 35.0 Å². The molecule has 0 fully saturated rings. The van der Waals surface area contributed by atoms with Gasteiger partial charge < -0.3 is 14.0 Å². The van der Waals surface area contributed by atoms with Gasteiger partial charge in [-0.05, 0) is 56.7 Å². The molecule has 2 aromatic heterocycles. The van der Waals surface area contributed by atoms with Gasteiger partial charge >= 0.3 is 6.18 Å². The number of alkyl halides is 3. The van der Waals surface area contributed by atoms with Gasteiger partial charge in [0, 0.05) is 23.8 Å². The van der Waals surface area contributed by atoms with Crippen LogP contribution in [0.5, 0.6) is 0 Å². The SMILES string of the molecule is C=C1c2ccc(-n3cnc(C)c3)c(=O)n2CC(C)N1C(C)c1cc(Cl)cc(C(F)(F)F)c1. The number of imidazole rings is 1. The molecule has 168 valence electrons. The molecule has 2 atom stereocenters. The molecular formula is C23H22ClF3N4O. The van der Waals surface area contributed by atoms with E-state index in [-0.39, 0.29) is 16.6 Å². The molecule has 4 rings (SSSR count). The Morgan fingerprint density at radius 3 is 2.59 bits per heavy atom. The third-order valence-corrected chi connectivity index (χ3v) is 6.04. The van der Waals surface area contributed by atoms with Gasteiger partial charge in [-0.25, -0.2) is 4.98 Å². The van der Waals surface area contributed by atoms with Crippen LogP contribution in [0.2, 0.25) is 5.02 Å². The molecular weight excluding hydrogens is 441 g/mol. The van der Waals surface area contributed by atoms with Gasteiger partial charge in [-0.3, -0.25) is 4.79 Å². The van der Waals surface area contributed by atoms with Crippen LogP contribution in [0.4, 0.5) is 13.2 Å². The van der Waals surface area contributed by atoms with Crippen molar-refractivity contribution in [3.63, 3.8) is 0 Å². The number of aromatic nitrogens is 3. The van der Waals surface area contributed by atoms with E-state index in [1.165, 1.54) is 6.07 Å². The van der Waals surface area contributed by atoms with Crippen LogP contribution in [0.25, 0.3) is 11.4 Å². The molecule has 0 bridgehead atoms. The van der Waals surface area contributed by atoms with Crippen molar-refractivity contribution < 1.29 is 13.2 Å². The van der Waals surface area contributed by atoms with E-state index in [9.17, 15) is 18.0 Å². The fourth-order valence-electron chi connectivity index (χ4n) is 4.29. The Kier molecular flexibility index (Phi) is 5.45. The van der Waals surface area contributed by atoms with E-state index in [2.05, 4.69) is 11.6 Å². The van der Waals surface area contributed by atoms with Crippen molar-refractivity contribution in [1.82, 2.24) is 19.0 Å². The Balaban J connectivity index is 1.73. The number of nitrogens with zero attached hydrogens (tertiary/aromatic N) is 4. The van der Waals surface area contributed by atoms with Gasteiger partial charge in [-0.2, -0.15) is 13.2 Å². The number of halogens is 4. The number of pyridine rings is 1. The number of benzene rings is 1. The van der Waals surface area contributed by atoms with Gasteiger partial charge in [-0.1, -0.05) is 18.2 Å². The van der Waals surface area contributed by atoms with Crippen molar-refractivity contribution in [1.29, 1.82) is 0 Å². The first-order chi connectivity index (χ1) is 15.0. The van der Waals surface area contributed by atoms with Gasteiger partial charge in [0.25, 0.3) is 5.56 Å². The Bertz CT molecular complexity index is 1260. The van der Waals surface area contributed by atoms with Crippen LogP contribution in [0.3, 0.4) is 0 Å². The third kappa shape index (κ3) is 3.83. The average molecular weight is 463 g/mol. The topological polar surface area (TPSA) is 43.1 Å². The number of hydrogen-bond donors (Lipinski definition) is 0. The summed E-state index contributed by atoms with van der Waals surface area (Å²) >= 11 is 6.00. The predicted molar refractivity (Wildman–Crippen MR) is 118 cm³/mol. The van der Waals surface area contributed by atoms with E-state index < -0.39 is 17.8 Å². The van der Waals surface area contributed by atoms with Crippen molar-refractivity contribution in [2.24, 2.45) is 0 Å². The van der Waals surface area contributed by atoms with Crippen molar-refractivity contribution in [2.75, 3.05) is 0 Å². The molecule has 1 aromatic carbocycles. The highest BCUT2D eigenvalue weighted by atomic mass is 35.5. The molecule has 0 radical (unpaired) electrons. The summed E-state index contributed by atoms with van der Waals surface area (Å²) in [6.45, 7) is 10.1. The molecule has 5 nitrogen and oxygen atoms in total. The predicted octanol–water partition coefficient (Wildman–Crippen LogP) is 5.45. The summed E-state index contributed by atoms with van der Waals surface area (Å²) in [5.74, 6) is 0. The molecule has 0 saturated carbocycles. The van der Waals surface area contributed by atoms with E-state index in [1.54, 1.807) is 33.8 Å². The minimum Gasteiger partial charge on any atom is -0.359 e. The lowest BCUT2D eigenvalue weighted by atomic mass is 9.99. The number of aryl methyl sites for hydroxylation is 1. The summed E-state index contributed by atoms with van der Waals surface area (Å²) in [4.78, 5) is 19.3. The lowest BCUT2D eigenvalue weighted by Crippen LogP contribution is -2.45. The van der Waals surface area contributed by atoms with Gasteiger partial charge in [0.1, 0.15) is 5.69 Å². The Morgan fingerprint density at radius 2 is 1.97 bits per heavy atom. The fourth-order valence-corrected chi connectivity index (χ4v) is 4.54. The summed E-state index contributed by atoms with van der Waals surface area (Å²) < 4.78 is 43.2. The first kappa shape index (κ1) is 22.2. The maximum Gasteiger partial charge on any atom is 0.416 e. The van der Waals surface area contributed by atoms with Crippen LogP contribution in [0, 0.1) is 6.92 Å². The zero-order valence-electron chi connectivity index (χ0n) is 17.8. The largest absolute Gasteiger partial charge is 0.416 e. The number of fused-ring (bicyclic) bond motifs is 1. The molecule has 0 amide bonds. The molecule has 1 aliphatic heterocycles. The molecule has 3 heterocycles. The second-order valence-corrected chi connectivity index (χ2v) is 8.53. The van der Waals surface area contributed by atoms with E-state index >= 15 is 0 Å². The minimum atomic E-state index is -4.49. The normalized spacial score (nSPS) is 17.4. The maximum atomic E-state index is 13.3. The lowest BCUT2D eigenvalue weighted by molar-refractivity contribution is -0.137. The highest BCUT2D eigenvalue weighted by Gasteiger charge is 2.34. The second-order valence-electron chi connectivity index (χ2n) is 8.09. The summed E-state index contributed by atoms with van der Waals surface area (Å²) in [6, 6.07) is 6.46. The molecule has 1 aliphatic rings. The molecule has 3 aromatic rings. The van der Waals surface area contributed by atoms with Crippen molar-refractivity contribution >= 4 is 17.3 Å². The number of rotatable bonds is 3. The van der Waals surface area contributed by atoms with Crippen LogP contribution in [0.1, 0.15) is 42.4 Å². The van der Waals surface area contributed by atoms with Crippen molar-refractivity contribution in [3.8, 4) is 5.69 Å². The Hall–Kier alpha value is -3.00. The zero-order valence-corrected chi connectivity index (χ0v) is 18.6. The van der Waals surface area contributed by atoms with Gasteiger partial charge in [0.15, 0.2) is 0 Å². The fraction of sp³-hybridized carbons (Fsp3) is 0.304. The van der Waals surface area contributed by atoms with E-state index in [1.807, 2.05) is 25.7 Å². The van der Waals surface area contributed by atoms with E-state index in [0.717, 1.165) is 17.8 Å². The summed E-state index contributed by atoms with van der Waals surface area (Å²) in [6.07, 6.45) is -1.13. The van der Waals surface area contributed by atoms with Crippen LogP contribution in [-0.2, 0) is 12.7 Å². The summed E-state index contributed by atoms with van der Waals surface area (Å²) in [5.41, 5.74) is 1.92. The third-order valence-electron chi connectivity index (χ3n) is 5.82. The Labute approximate surface area is 188 Å². The molecule has 0 spiro atoms. The van der Waals surface area contributed by atoms with Gasteiger partial charge in [-0.15, -0.1) is 0 Å². The quantitative estimate of drug-likeness (QED) is 0.519. The Morgan fingerprint density at radius 1 is 1.25 bits per heavy atom. The van der Waals surface area contributed by atoms with Crippen LogP contribution >= 0.6 is 11.6 Å². The van der Waals surface area contributed by atoms with Crippen LogP contribution in [-0.4, -0.2) is 25.1 Å². The van der Waals surface area contributed by atoms with Crippen molar-refractivity contribution in [3.05, 3.63) is 87.3 Å². The zero-order chi connectivity index (χ0) is 23.4. The maximum absolute atomic E-state index is 13.3. The summed E-state index contributed by atoms with van der Waals surface area (Å²) in [7, 11) is 0. The monoisotopic (exact) mass is 462 g/mol. The molecule has 9 heteroatoms. The molecule has 0 saturated heterocycles. The molecule has 0 N–H and O–H groups in total. The van der Waals surface area contributed by atoms with E-state index in [4.69, 9.17) is 11.6 Å². The standard InChI is InChI=1S/C23H22ClF3N4O/c1-13-10-29(12-28-13)21-6-5-20-16(4)31(14(2)11-30(20)22(21)32)15(3)17-7-18(23(25,26)27)9-19(24)8-17/h5-10,12,14-15H,4,11H2,1-3H3. The first-order valence-corrected chi connectivity index (χ1v) is 10.4. The van der Waals surface area contributed by atoms with E-state index in [0.29, 0.717) is 29.2 Å². The van der Waals surface area contributed by atoms with Gasteiger partial charge in [0.2, 0.25) is 0 Å². The molecule has 2 unspecified atom stereocenters. The van der Waals surface area contributed by atoms with Crippen molar-refractivity contribution in [2.45, 2.75) is 45.6 Å². The minimum absolute atomic E-state index is 0.0221. The summed E-state index contributed by atoms with van der Waals surface area (Å²) in [5, 5.41) is 0.0221. The smallest absolute Gasteiger partial charge is 0.359 e. The lowest BCUT2D eigenvalue weighted by Gasteiger charge is -2.43.